The molecule has 1 aliphatic heterocycles. The first-order valence-electron chi connectivity index (χ1n) is 4.51. The Labute approximate surface area is 76.0 Å². The van der Waals surface area contributed by atoms with E-state index in [1.165, 1.54) is 0 Å². The fourth-order valence-electron chi connectivity index (χ4n) is 1.86. The van der Waals surface area contributed by atoms with Crippen molar-refractivity contribution in [1.82, 2.24) is 0 Å². The highest BCUT2D eigenvalue weighted by molar-refractivity contribution is 6.11. The second-order valence-electron chi connectivity index (χ2n) is 3.74. The van der Waals surface area contributed by atoms with E-state index in [1.54, 1.807) is 7.11 Å². The van der Waals surface area contributed by atoms with E-state index in [0.29, 0.717) is 5.92 Å². The quantitative estimate of drug-likeness (QED) is 0.579. The molecule has 0 aliphatic carbocycles. The van der Waals surface area contributed by atoms with E-state index < -0.39 is 0 Å². The average molecular weight is 168 g/mol. The highest BCUT2D eigenvalue weighted by Gasteiger charge is 2.46. The van der Waals surface area contributed by atoms with Gasteiger partial charge < -0.3 is 9.47 Å². The van der Waals surface area contributed by atoms with E-state index in [1.807, 2.05) is 0 Å². The molecule has 1 heterocycles. The molecule has 0 amide bonds. The summed E-state index contributed by atoms with van der Waals surface area (Å²) in [6.07, 6.45) is 1.01. The summed E-state index contributed by atoms with van der Waals surface area (Å²) in [5, 5.41) is 0. The topological polar surface area (TPSA) is 18.5 Å². The third kappa shape index (κ3) is 1.40. The third-order valence-electron chi connectivity index (χ3n) is 3.16. The van der Waals surface area contributed by atoms with Gasteiger partial charge in [-0.2, -0.15) is 0 Å². The molecule has 1 rings (SSSR count). The molecule has 3 heteroatoms. The molecule has 2 nitrogen and oxygen atoms in total. The zero-order valence-corrected chi connectivity index (χ0v) is 8.33. The van der Waals surface area contributed by atoms with Gasteiger partial charge in [-0.15, -0.1) is 0 Å². The molecule has 2 radical (unpaired) electrons. The van der Waals surface area contributed by atoms with Gasteiger partial charge >= 0.3 is 0 Å². The normalized spacial score (nSPS) is 48.2. The van der Waals surface area contributed by atoms with Gasteiger partial charge in [-0.05, 0) is 13.3 Å². The fourth-order valence-corrected chi connectivity index (χ4v) is 1.86. The van der Waals surface area contributed by atoms with Crippen LogP contribution in [-0.2, 0) is 9.47 Å². The second-order valence-corrected chi connectivity index (χ2v) is 3.74. The lowest BCUT2D eigenvalue weighted by molar-refractivity contribution is -0.0203. The number of methoxy groups -OCH3 is 1. The van der Waals surface area contributed by atoms with Crippen LogP contribution in [0.3, 0.4) is 0 Å². The summed E-state index contributed by atoms with van der Waals surface area (Å²) in [6, 6.07) is -0.269. The molecule has 1 saturated heterocycles. The fraction of sp³-hybridized carbons (Fsp3) is 1.00. The molecular weight excluding hydrogens is 151 g/mol. The van der Waals surface area contributed by atoms with Crippen molar-refractivity contribution in [3.05, 3.63) is 0 Å². The molecule has 12 heavy (non-hydrogen) atoms. The molecular formula is C9H17BO2. The van der Waals surface area contributed by atoms with Gasteiger partial charge in [-0.3, -0.25) is 0 Å². The molecule has 0 aromatic carbocycles. The van der Waals surface area contributed by atoms with Crippen molar-refractivity contribution in [2.75, 3.05) is 7.11 Å². The minimum Gasteiger partial charge on any atom is -0.379 e. The van der Waals surface area contributed by atoms with Gasteiger partial charge in [0.1, 0.15) is 7.85 Å². The largest absolute Gasteiger partial charge is 0.379 e. The van der Waals surface area contributed by atoms with Crippen LogP contribution in [0.2, 0.25) is 0 Å². The maximum atomic E-state index is 5.78. The van der Waals surface area contributed by atoms with Crippen LogP contribution < -0.4 is 0 Å². The van der Waals surface area contributed by atoms with E-state index in [2.05, 4.69) is 20.8 Å². The van der Waals surface area contributed by atoms with Crippen LogP contribution in [0, 0.1) is 5.92 Å². The zero-order valence-electron chi connectivity index (χ0n) is 8.33. The van der Waals surface area contributed by atoms with Crippen LogP contribution in [0.15, 0.2) is 0 Å². The van der Waals surface area contributed by atoms with Gasteiger partial charge in [0, 0.05) is 19.0 Å². The first-order valence-corrected chi connectivity index (χ1v) is 4.51. The minimum absolute atomic E-state index is 0.0370. The smallest absolute Gasteiger partial charge is 0.112 e. The Morgan fingerprint density at radius 3 is 2.42 bits per heavy atom. The third-order valence-corrected chi connectivity index (χ3v) is 3.16. The van der Waals surface area contributed by atoms with Crippen molar-refractivity contribution < 1.29 is 9.47 Å². The number of ether oxygens (including phenoxy) is 2. The summed E-state index contributed by atoms with van der Waals surface area (Å²) < 4.78 is 10.9. The first kappa shape index (κ1) is 10.1. The van der Waals surface area contributed by atoms with Gasteiger partial charge in [-0.25, -0.2) is 0 Å². The van der Waals surface area contributed by atoms with Gasteiger partial charge in [0.15, 0.2) is 0 Å². The summed E-state index contributed by atoms with van der Waals surface area (Å²) in [6.45, 7) is 6.34. The predicted octanol–water partition coefficient (Wildman–Crippen LogP) is 1.33. The van der Waals surface area contributed by atoms with Gasteiger partial charge in [-0.1, -0.05) is 13.8 Å². The number of hydrogen-bond donors (Lipinski definition) is 0. The predicted molar refractivity (Wildman–Crippen MR) is 49.3 cm³/mol. The van der Waals surface area contributed by atoms with E-state index in [9.17, 15) is 0 Å². The Bertz CT molecular complexity index is 163. The molecule has 68 valence electrons. The molecule has 1 aliphatic rings. The molecule has 0 spiro atoms. The van der Waals surface area contributed by atoms with Crippen molar-refractivity contribution in [1.29, 1.82) is 0 Å². The maximum absolute atomic E-state index is 5.78. The molecule has 1 unspecified atom stereocenters. The van der Waals surface area contributed by atoms with Crippen LogP contribution in [0.25, 0.3) is 0 Å². The number of hydrogen-bond acceptors (Lipinski definition) is 2. The lowest BCUT2D eigenvalue weighted by Crippen LogP contribution is -2.33. The van der Waals surface area contributed by atoms with Crippen LogP contribution in [0.5, 0.6) is 0 Å². The first-order chi connectivity index (χ1) is 5.55. The van der Waals surface area contributed by atoms with Gasteiger partial charge in [0.2, 0.25) is 0 Å². The van der Waals surface area contributed by atoms with E-state index in [-0.39, 0.29) is 17.7 Å². The van der Waals surface area contributed by atoms with Crippen LogP contribution in [0.4, 0.5) is 0 Å². The van der Waals surface area contributed by atoms with Gasteiger partial charge in [0.25, 0.3) is 0 Å². The molecule has 0 bridgehead atoms. The zero-order chi connectivity index (χ0) is 9.35. The van der Waals surface area contributed by atoms with E-state index in [0.717, 1.165) is 6.42 Å². The Kier molecular flexibility index (Phi) is 2.84. The van der Waals surface area contributed by atoms with Crippen LogP contribution in [-0.4, -0.2) is 32.7 Å². The van der Waals surface area contributed by atoms with Crippen LogP contribution >= 0.6 is 0 Å². The minimum atomic E-state index is -0.269. The van der Waals surface area contributed by atoms with Crippen molar-refractivity contribution in [2.45, 2.75) is 44.9 Å². The van der Waals surface area contributed by atoms with Crippen molar-refractivity contribution in [3.8, 4) is 0 Å². The monoisotopic (exact) mass is 168 g/mol. The van der Waals surface area contributed by atoms with E-state index >= 15 is 0 Å². The Morgan fingerprint density at radius 2 is 2.17 bits per heavy atom. The Morgan fingerprint density at radius 1 is 1.58 bits per heavy atom. The Hall–Kier alpha value is -0.0151. The van der Waals surface area contributed by atoms with Gasteiger partial charge in [0.05, 0.1) is 11.7 Å². The van der Waals surface area contributed by atoms with Crippen LogP contribution in [0.1, 0.15) is 27.2 Å². The summed E-state index contributed by atoms with van der Waals surface area (Å²) >= 11 is 0. The lowest BCUT2D eigenvalue weighted by Gasteiger charge is -2.27. The average Bonchev–Trinajstić information content (AvgIpc) is 2.25. The van der Waals surface area contributed by atoms with Crippen molar-refractivity contribution >= 4 is 7.85 Å². The van der Waals surface area contributed by atoms with Crippen molar-refractivity contribution in [3.63, 3.8) is 0 Å². The second kappa shape index (κ2) is 3.39. The highest BCUT2D eigenvalue weighted by atomic mass is 16.6. The highest BCUT2D eigenvalue weighted by Crippen LogP contribution is 2.38. The lowest BCUT2D eigenvalue weighted by atomic mass is 9.82. The molecule has 0 N–H and O–H groups in total. The number of rotatable bonds is 2. The Balaban J connectivity index is 2.74. The molecule has 0 aromatic heterocycles. The maximum Gasteiger partial charge on any atom is 0.112 e. The standard InChI is InChI=1S/C9H17BO2/c1-5-9(3)6(2)7(11-4)8(10)12-9/h6-8H,5H2,1-4H3/t6-,7?,8-,9-/m1/s1. The molecule has 1 fully saturated rings. The molecule has 0 saturated carbocycles. The van der Waals surface area contributed by atoms with Crippen molar-refractivity contribution in [2.24, 2.45) is 5.92 Å². The van der Waals surface area contributed by atoms with E-state index in [4.69, 9.17) is 17.3 Å². The summed E-state index contributed by atoms with van der Waals surface area (Å²) in [7, 11) is 7.47. The molecule has 4 atom stereocenters. The molecule has 0 aromatic rings. The summed E-state index contributed by atoms with van der Waals surface area (Å²) in [4.78, 5) is 0. The summed E-state index contributed by atoms with van der Waals surface area (Å²) in [5.41, 5.74) is -0.111. The summed E-state index contributed by atoms with van der Waals surface area (Å²) in [5.74, 6) is 0.363. The SMILES string of the molecule is [B][C@@H]1O[C@](C)(CC)[C@H](C)C1OC.